The third kappa shape index (κ3) is 38.1. The van der Waals surface area contributed by atoms with E-state index in [-0.39, 0.29) is 6.15 Å². The molecule has 0 aliphatic carbocycles. The predicted octanol–water partition coefficient (Wildman–Crippen LogP) is -1.28. The third-order valence-electron chi connectivity index (χ3n) is 1.50. The van der Waals surface area contributed by atoms with Crippen LogP contribution in [-0.2, 0) is 16.9 Å². The monoisotopic (exact) mass is 326 g/mol. The number of nitrogens with zero attached hydrogens (tertiary/aromatic N) is 1. The van der Waals surface area contributed by atoms with Gasteiger partial charge in [0.15, 0.2) is 0 Å². The molecule has 0 heterocycles. The van der Waals surface area contributed by atoms with Crippen molar-refractivity contribution in [2.24, 2.45) is 0 Å². The molecule has 0 fully saturated rings. The van der Waals surface area contributed by atoms with Crippen molar-refractivity contribution in [3.63, 3.8) is 0 Å². The van der Waals surface area contributed by atoms with Gasteiger partial charge in [-0.25, -0.2) is 0 Å². The highest BCUT2D eigenvalue weighted by Crippen LogP contribution is 2.05. The quantitative estimate of drug-likeness (QED) is 0.254. The van der Waals surface area contributed by atoms with E-state index in [1.54, 1.807) is 0 Å². The van der Waals surface area contributed by atoms with Crippen LogP contribution in [0.2, 0.25) is 0 Å². The van der Waals surface area contributed by atoms with E-state index >= 15 is 0 Å². The smallest absolute Gasteiger partial charge is 0.394 e. The Morgan fingerprint density at radius 1 is 1.10 bits per heavy atom. The number of rotatable bonds is 2. The molecule has 0 bridgehead atoms. The first-order valence-electron chi connectivity index (χ1n) is 5.37. The minimum absolute atomic E-state index is 0. The van der Waals surface area contributed by atoms with Crippen molar-refractivity contribution < 1.29 is 37.1 Å². The summed E-state index contributed by atoms with van der Waals surface area (Å²) in [4.78, 5) is 0. The predicted molar refractivity (Wildman–Crippen MR) is 77.6 cm³/mol. The van der Waals surface area contributed by atoms with Crippen molar-refractivity contribution >= 4 is 17.7 Å². The fourth-order valence-electron chi connectivity index (χ4n) is 1.13. The molecule has 0 spiro atoms. The molecule has 0 aromatic heterocycles. The van der Waals surface area contributed by atoms with E-state index < -0.39 is 17.7 Å². The highest BCUT2D eigenvalue weighted by Gasteiger charge is 2.06. The highest BCUT2D eigenvalue weighted by molar-refractivity contribution is 7.79. The summed E-state index contributed by atoms with van der Waals surface area (Å²) in [6.07, 6.45) is 0. The Kier molecular flexibility index (Phi) is 13.8. The van der Waals surface area contributed by atoms with Crippen molar-refractivity contribution in [1.29, 1.82) is 0 Å². The van der Waals surface area contributed by atoms with E-state index in [1.807, 2.05) is 0 Å². The van der Waals surface area contributed by atoms with E-state index in [9.17, 15) is 0 Å². The third-order valence-corrected chi connectivity index (χ3v) is 1.50. The molecule has 0 aliphatic rings. The van der Waals surface area contributed by atoms with Crippen molar-refractivity contribution in [1.82, 2.24) is 6.15 Å². The second-order valence-electron chi connectivity index (χ2n) is 4.71. The van der Waals surface area contributed by atoms with Crippen LogP contribution in [0.25, 0.3) is 0 Å². The molecular formula is C10H23BN2O7S. The van der Waals surface area contributed by atoms with E-state index in [0.29, 0.717) is 0 Å². The Bertz CT molecular complexity index is 437. The van der Waals surface area contributed by atoms with Gasteiger partial charge in [0.05, 0.1) is 21.1 Å². The van der Waals surface area contributed by atoms with Crippen LogP contribution in [0.1, 0.15) is 5.56 Å². The van der Waals surface area contributed by atoms with Crippen molar-refractivity contribution in [2.45, 2.75) is 6.54 Å². The van der Waals surface area contributed by atoms with E-state index in [2.05, 4.69) is 51.5 Å². The highest BCUT2D eigenvalue weighted by atomic mass is 32.3. The molecule has 0 saturated heterocycles. The maximum absolute atomic E-state index is 8.74. The second kappa shape index (κ2) is 11.6. The Hall–Kier alpha value is -1.05. The summed E-state index contributed by atoms with van der Waals surface area (Å²) in [5.74, 6) is 0. The molecule has 0 saturated carbocycles. The number of hydrogen-bond donors (Lipinski definition) is 5. The van der Waals surface area contributed by atoms with Gasteiger partial charge in [-0.15, -0.1) is 0 Å². The minimum Gasteiger partial charge on any atom is -0.832 e. The molecule has 1 aromatic carbocycles. The zero-order chi connectivity index (χ0) is 16.4. The summed E-state index contributed by atoms with van der Waals surface area (Å²) in [5.41, 5.74) is 1.40. The molecule has 0 atom stereocenters. The van der Waals surface area contributed by atoms with Gasteiger partial charge in [0.25, 0.3) is 0 Å². The van der Waals surface area contributed by atoms with Crippen LogP contribution in [0.5, 0.6) is 0 Å². The van der Waals surface area contributed by atoms with Gasteiger partial charge in [-0.05, 0) is 0 Å². The molecule has 0 amide bonds. The molecule has 0 aliphatic heterocycles. The van der Waals surface area contributed by atoms with Gasteiger partial charge in [-0.2, -0.15) is 8.42 Å². The summed E-state index contributed by atoms with van der Waals surface area (Å²) < 4.78 is 32.6. The molecule has 11 heteroatoms. The Balaban J connectivity index is -0.000000275. The Labute approximate surface area is 125 Å². The van der Waals surface area contributed by atoms with Gasteiger partial charge < -0.3 is 25.7 Å². The Morgan fingerprint density at radius 3 is 1.62 bits per heavy atom. The Morgan fingerprint density at radius 2 is 1.38 bits per heavy atom. The molecule has 7 N–H and O–H groups in total. The van der Waals surface area contributed by atoms with Crippen LogP contribution in [0.15, 0.2) is 30.3 Å². The van der Waals surface area contributed by atoms with Crippen molar-refractivity contribution in [3.8, 4) is 0 Å². The fourth-order valence-corrected chi connectivity index (χ4v) is 1.13. The largest absolute Gasteiger partial charge is 0.832 e. The van der Waals surface area contributed by atoms with E-state index in [0.717, 1.165) is 11.0 Å². The van der Waals surface area contributed by atoms with Gasteiger partial charge in [-0.3, -0.25) is 9.11 Å². The zero-order valence-corrected chi connectivity index (χ0v) is 13.1. The maximum atomic E-state index is 8.74. The summed E-state index contributed by atoms with van der Waals surface area (Å²) in [5, 5.41) is 22.8. The average molecular weight is 326 g/mol. The molecule has 0 unspecified atom stereocenters. The van der Waals surface area contributed by atoms with Crippen molar-refractivity contribution in [3.05, 3.63) is 35.9 Å². The maximum Gasteiger partial charge on any atom is 0.394 e. The van der Waals surface area contributed by atoms with Gasteiger partial charge in [0.2, 0.25) is 0 Å². The molecule has 124 valence electrons. The number of quaternary nitrogens is 1. The molecule has 1 aromatic rings. The lowest BCUT2D eigenvalue weighted by Gasteiger charge is -2.23. The molecule has 0 radical (unpaired) electrons. The SMILES string of the molecule is C[N+](C)(C)Cc1ccccc1.N.O=S(=O)(O)O.[O-]B(O)O. The summed E-state index contributed by atoms with van der Waals surface area (Å²) in [7, 11) is -0.479. The van der Waals surface area contributed by atoms with Crippen LogP contribution in [0.4, 0.5) is 0 Å². The summed E-state index contributed by atoms with van der Waals surface area (Å²) >= 11 is 0. The average Bonchev–Trinajstić information content (AvgIpc) is 2.12. The van der Waals surface area contributed by atoms with Gasteiger partial charge in [0, 0.05) is 5.56 Å². The first-order valence-corrected chi connectivity index (χ1v) is 6.77. The van der Waals surface area contributed by atoms with Gasteiger partial charge in [-0.1, -0.05) is 30.3 Å². The lowest BCUT2D eigenvalue weighted by atomic mass is 10.2. The van der Waals surface area contributed by atoms with E-state index in [1.165, 1.54) is 5.56 Å². The van der Waals surface area contributed by atoms with Crippen molar-refractivity contribution in [2.75, 3.05) is 21.1 Å². The lowest BCUT2D eigenvalue weighted by Crippen LogP contribution is -2.33. The van der Waals surface area contributed by atoms with Crippen LogP contribution < -0.4 is 11.2 Å². The van der Waals surface area contributed by atoms with Crippen LogP contribution >= 0.6 is 0 Å². The summed E-state index contributed by atoms with van der Waals surface area (Å²) in [6, 6.07) is 10.6. The molecule has 1 rings (SSSR count). The minimum atomic E-state index is -4.67. The first kappa shape index (κ1) is 24.9. The molecular weight excluding hydrogens is 303 g/mol. The fraction of sp³-hybridized carbons (Fsp3) is 0.400. The molecule has 9 nitrogen and oxygen atoms in total. The van der Waals surface area contributed by atoms with Gasteiger partial charge in [0.1, 0.15) is 6.54 Å². The van der Waals surface area contributed by atoms with Crippen LogP contribution in [0, 0.1) is 0 Å². The van der Waals surface area contributed by atoms with E-state index in [4.69, 9.17) is 32.6 Å². The normalized spacial score (nSPS) is 10.1. The first-order chi connectivity index (χ1) is 8.81. The number of hydrogen-bond acceptors (Lipinski definition) is 6. The topological polar surface area (TPSA) is 173 Å². The molecule has 21 heavy (non-hydrogen) atoms. The van der Waals surface area contributed by atoms with Crippen LogP contribution in [-0.4, -0.2) is 60.5 Å². The summed E-state index contributed by atoms with van der Waals surface area (Å²) in [6.45, 7) is 1.10. The van der Waals surface area contributed by atoms with Crippen LogP contribution in [0.3, 0.4) is 0 Å². The number of benzene rings is 1. The van der Waals surface area contributed by atoms with Gasteiger partial charge >= 0.3 is 17.7 Å². The zero-order valence-electron chi connectivity index (χ0n) is 12.2. The standard InChI is InChI=1S/C10H16N.BH2O3.H3N.H2O4S/c1-11(2,3)9-10-7-5-4-6-8-10;2-1(3)4;;1-5(2,3)4/h4-8H,9H2,1-3H3;2-3H;1H3;(H2,1,2,3,4)/q+1;-1;;. The second-order valence-corrected chi connectivity index (χ2v) is 5.60. The lowest BCUT2D eigenvalue weighted by molar-refractivity contribution is -0.884.